The van der Waals surface area contributed by atoms with E-state index in [9.17, 15) is 9.59 Å². The molecule has 3 rings (SSSR count). The third kappa shape index (κ3) is 4.10. The fraction of sp³-hybridized carbons (Fsp3) is 0.222. The molecule has 0 saturated heterocycles. The van der Waals surface area contributed by atoms with Crippen LogP contribution in [0.5, 0.6) is 0 Å². The Bertz CT molecular complexity index is 743. The summed E-state index contributed by atoms with van der Waals surface area (Å²) in [5, 5.41) is 5.73. The molecule has 2 atom stereocenters. The third-order valence-corrected chi connectivity index (χ3v) is 4.66. The topological polar surface area (TPSA) is 58.2 Å². The van der Waals surface area contributed by atoms with Crippen molar-refractivity contribution in [3.63, 3.8) is 0 Å². The van der Waals surface area contributed by atoms with Crippen LogP contribution < -0.4 is 10.6 Å². The number of benzene rings is 2. The van der Waals surface area contributed by atoms with Gasteiger partial charge in [0.2, 0.25) is 5.91 Å². The predicted octanol–water partition coefficient (Wildman–Crippen LogP) is 4.14. The number of amides is 2. The van der Waals surface area contributed by atoms with Gasteiger partial charge in [-0.2, -0.15) is 0 Å². The number of nitrogens with one attached hydrogen (secondary N) is 2. The monoisotopic (exact) mass is 420 g/mol. The van der Waals surface area contributed by atoms with Crippen LogP contribution in [0.1, 0.15) is 23.7 Å². The van der Waals surface area contributed by atoms with Crippen LogP contribution in [0, 0.1) is 15.4 Å². The van der Waals surface area contributed by atoms with E-state index in [1.807, 2.05) is 24.3 Å². The van der Waals surface area contributed by atoms with Crippen LogP contribution in [0.4, 0.5) is 11.4 Å². The molecule has 0 aromatic heterocycles. The van der Waals surface area contributed by atoms with Crippen LogP contribution in [0.15, 0.2) is 48.5 Å². The van der Waals surface area contributed by atoms with Gasteiger partial charge in [-0.25, -0.2) is 0 Å². The van der Waals surface area contributed by atoms with E-state index in [4.69, 9.17) is 0 Å². The Morgan fingerprint density at radius 3 is 2.39 bits per heavy atom. The molecule has 2 aromatic carbocycles. The van der Waals surface area contributed by atoms with Crippen molar-refractivity contribution in [2.24, 2.45) is 11.8 Å². The van der Waals surface area contributed by atoms with E-state index in [1.165, 1.54) is 0 Å². The second-order valence-corrected chi connectivity index (χ2v) is 7.10. The number of rotatable bonds is 4. The highest BCUT2D eigenvalue weighted by atomic mass is 127. The van der Waals surface area contributed by atoms with Gasteiger partial charge in [-0.05, 0) is 77.4 Å². The van der Waals surface area contributed by atoms with Crippen molar-refractivity contribution >= 4 is 45.8 Å². The molecule has 1 fully saturated rings. The van der Waals surface area contributed by atoms with Crippen molar-refractivity contribution in [3.8, 4) is 0 Å². The van der Waals surface area contributed by atoms with Crippen LogP contribution in [0.3, 0.4) is 0 Å². The van der Waals surface area contributed by atoms with Gasteiger partial charge < -0.3 is 10.6 Å². The Labute approximate surface area is 148 Å². The lowest BCUT2D eigenvalue weighted by Crippen LogP contribution is -2.16. The van der Waals surface area contributed by atoms with E-state index >= 15 is 0 Å². The van der Waals surface area contributed by atoms with Crippen molar-refractivity contribution in [2.75, 3.05) is 10.6 Å². The second-order valence-electron chi connectivity index (χ2n) is 5.85. The number of anilines is 2. The molecule has 0 heterocycles. The van der Waals surface area contributed by atoms with E-state index in [-0.39, 0.29) is 17.7 Å². The maximum atomic E-state index is 12.3. The Hall–Kier alpha value is -1.89. The summed E-state index contributed by atoms with van der Waals surface area (Å²) in [4.78, 5) is 24.3. The third-order valence-electron chi connectivity index (χ3n) is 3.94. The summed E-state index contributed by atoms with van der Waals surface area (Å²) in [6, 6.07) is 14.6. The summed E-state index contributed by atoms with van der Waals surface area (Å²) in [5.74, 6) is 0.413. The van der Waals surface area contributed by atoms with Crippen LogP contribution in [0.2, 0.25) is 0 Å². The maximum absolute atomic E-state index is 12.3. The zero-order valence-electron chi connectivity index (χ0n) is 12.7. The summed E-state index contributed by atoms with van der Waals surface area (Å²) in [6.07, 6.45) is 0.943. The first-order valence-corrected chi connectivity index (χ1v) is 8.58. The minimum Gasteiger partial charge on any atom is -0.326 e. The summed E-state index contributed by atoms with van der Waals surface area (Å²) in [7, 11) is 0. The first kappa shape index (κ1) is 16.0. The quantitative estimate of drug-likeness (QED) is 0.731. The smallest absolute Gasteiger partial charge is 0.255 e. The van der Waals surface area contributed by atoms with Crippen LogP contribution in [-0.4, -0.2) is 11.8 Å². The molecule has 118 valence electrons. The highest BCUT2D eigenvalue weighted by Gasteiger charge is 2.39. The minimum atomic E-state index is -0.193. The molecule has 5 heteroatoms. The van der Waals surface area contributed by atoms with Gasteiger partial charge in [-0.3, -0.25) is 9.59 Å². The van der Waals surface area contributed by atoms with Crippen molar-refractivity contribution in [1.29, 1.82) is 0 Å². The van der Waals surface area contributed by atoms with Gasteiger partial charge in [0.05, 0.1) is 0 Å². The van der Waals surface area contributed by atoms with Crippen molar-refractivity contribution < 1.29 is 9.59 Å². The maximum Gasteiger partial charge on any atom is 0.255 e. The van der Waals surface area contributed by atoms with Crippen molar-refractivity contribution in [3.05, 3.63) is 57.7 Å². The Kier molecular flexibility index (Phi) is 4.66. The van der Waals surface area contributed by atoms with Crippen molar-refractivity contribution in [1.82, 2.24) is 0 Å². The van der Waals surface area contributed by atoms with E-state index in [0.717, 1.165) is 15.7 Å². The molecule has 1 aliphatic rings. The summed E-state index contributed by atoms with van der Waals surface area (Å²) in [5.41, 5.74) is 1.92. The molecule has 23 heavy (non-hydrogen) atoms. The standard InChI is InChI=1S/C18H17IN2O2/c1-11-9-16(11)18(23)21-15-4-2-3-12(10-15)17(22)20-14-7-5-13(19)6-8-14/h2-8,10-11,16H,9H2,1H3,(H,20,22)(H,21,23). The van der Waals surface area contributed by atoms with E-state index in [2.05, 4.69) is 40.1 Å². The summed E-state index contributed by atoms with van der Waals surface area (Å²) in [6.45, 7) is 2.06. The normalized spacial score (nSPS) is 19.0. The Morgan fingerprint density at radius 2 is 1.74 bits per heavy atom. The summed E-state index contributed by atoms with van der Waals surface area (Å²) >= 11 is 2.22. The van der Waals surface area contributed by atoms with Crippen molar-refractivity contribution in [2.45, 2.75) is 13.3 Å². The number of hydrogen-bond donors (Lipinski definition) is 2. The second kappa shape index (κ2) is 6.70. The van der Waals surface area contributed by atoms with Crippen LogP contribution >= 0.6 is 22.6 Å². The largest absolute Gasteiger partial charge is 0.326 e. The van der Waals surface area contributed by atoms with E-state index in [0.29, 0.717) is 17.2 Å². The fourth-order valence-corrected chi connectivity index (χ4v) is 2.76. The van der Waals surface area contributed by atoms with E-state index in [1.54, 1.807) is 24.3 Å². The zero-order chi connectivity index (χ0) is 16.4. The first-order valence-electron chi connectivity index (χ1n) is 7.51. The fourth-order valence-electron chi connectivity index (χ4n) is 2.40. The molecule has 0 aliphatic heterocycles. The average molecular weight is 420 g/mol. The molecule has 1 aliphatic carbocycles. The summed E-state index contributed by atoms with van der Waals surface area (Å²) < 4.78 is 1.11. The molecular weight excluding hydrogens is 403 g/mol. The number of hydrogen-bond acceptors (Lipinski definition) is 2. The van der Waals surface area contributed by atoms with E-state index < -0.39 is 0 Å². The van der Waals surface area contributed by atoms with Crippen LogP contribution in [-0.2, 0) is 4.79 Å². The minimum absolute atomic E-state index is 0.0349. The molecule has 0 spiro atoms. The number of halogens is 1. The van der Waals surface area contributed by atoms with Gasteiger partial charge in [-0.1, -0.05) is 13.0 Å². The van der Waals surface area contributed by atoms with Gasteiger partial charge in [0.1, 0.15) is 0 Å². The SMILES string of the molecule is CC1CC1C(=O)Nc1cccc(C(=O)Nc2ccc(I)cc2)c1. The van der Waals surface area contributed by atoms with Gasteiger partial charge in [0.15, 0.2) is 0 Å². The van der Waals surface area contributed by atoms with Gasteiger partial charge in [-0.15, -0.1) is 0 Å². The molecular formula is C18H17IN2O2. The molecule has 4 nitrogen and oxygen atoms in total. The lowest BCUT2D eigenvalue weighted by atomic mass is 10.1. The molecule has 0 bridgehead atoms. The average Bonchev–Trinajstić information content (AvgIpc) is 3.27. The molecule has 0 radical (unpaired) electrons. The first-order chi connectivity index (χ1) is 11.0. The zero-order valence-corrected chi connectivity index (χ0v) is 14.8. The molecule has 1 saturated carbocycles. The van der Waals surface area contributed by atoms with Gasteiger partial charge in [0.25, 0.3) is 5.91 Å². The number of carbonyl (C=O) groups is 2. The lowest BCUT2D eigenvalue weighted by Gasteiger charge is -2.08. The van der Waals surface area contributed by atoms with Crippen LogP contribution in [0.25, 0.3) is 0 Å². The highest BCUT2D eigenvalue weighted by Crippen LogP contribution is 2.38. The highest BCUT2D eigenvalue weighted by molar-refractivity contribution is 14.1. The van der Waals surface area contributed by atoms with Gasteiger partial charge >= 0.3 is 0 Å². The van der Waals surface area contributed by atoms with Gasteiger partial charge in [0, 0.05) is 26.4 Å². The molecule has 2 unspecified atom stereocenters. The molecule has 2 amide bonds. The molecule has 2 aromatic rings. The number of carbonyl (C=O) groups excluding carboxylic acids is 2. The lowest BCUT2D eigenvalue weighted by molar-refractivity contribution is -0.117. The Balaban J connectivity index is 1.67. The predicted molar refractivity (Wildman–Crippen MR) is 99.5 cm³/mol. The Morgan fingerprint density at radius 1 is 1.04 bits per heavy atom. The molecule has 2 N–H and O–H groups in total.